The van der Waals surface area contributed by atoms with E-state index in [0.29, 0.717) is 13.0 Å². The third-order valence-corrected chi connectivity index (χ3v) is 3.22. The molecule has 0 N–H and O–H groups in total. The molecule has 0 aromatic rings. The quantitative estimate of drug-likeness (QED) is 0.729. The molecule has 1 aliphatic rings. The maximum Gasteiger partial charge on any atom is 0.258 e. The molecule has 1 amide bonds. The maximum atomic E-state index is 11.8. The number of amides is 1. The van der Waals surface area contributed by atoms with Crippen LogP contribution in [0.2, 0.25) is 0 Å². The Bertz CT molecular complexity index is 268. The van der Waals surface area contributed by atoms with E-state index in [2.05, 4.69) is 0 Å². The highest BCUT2D eigenvalue weighted by atomic mass is 35.6. The summed E-state index contributed by atoms with van der Waals surface area (Å²) in [5.74, 6) is -0.510. The molecule has 2 unspecified atom stereocenters. The average molecular weight is 329 g/mol. The van der Waals surface area contributed by atoms with E-state index in [9.17, 15) is 4.79 Å². The van der Waals surface area contributed by atoms with E-state index < -0.39 is 20.8 Å². The summed E-state index contributed by atoms with van der Waals surface area (Å²) in [5, 5.41) is 0. The Kier molecular flexibility index (Phi) is 5.30. The van der Waals surface area contributed by atoms with Gasteiger partial charge in [-0.2, -0.15) is 0 Å². The van der Waals surface area contributed by atoms with Crippen LogP contribution in [-0.2, 0) is 9.53 Å². The predicted octanol–water partition coefficient (Wildman–Crippen LogP) is 3.12. The topological polar surface area (TPSA) is 29.5 Å². The lowest BCUT2D eigenvalue weighted by Gasteiger charge is -2.31. The summed E-state index contributed by atoms with van der Waals surface area (Å²) in [6.45, 7) is 2.20. The van der Waals surface area contributed by atoms with Crippen molar-refractivity contribution in [1.29, 1.82) is 0 Å². The van der Waals surface area contributed by atoms with E-state index in [0.717, 1.165) is 0 Å². The van der Waals surface area contributed by atoms with Crippen LogP contribution in [0.5, 0.6) is 0 Å². The van der Waals surface area contributed by atoms with Gasteiger partial charge in [0.15, 0.2) is 11.1 Å². The van der Waals surface area contributed by atoms with E-state index in [1.165, 1.54) is 4.90 Å². The molecule has 3 nitrogen and oxygen atoms in total. The first-order valence-corrected chi connectivity index (χ1v) is 6.58. The van der Waals surface area contributed by atoms with Crippen LogP contribution >= 0.6 is 58.0 Å². The summed E-state index contributed by atoms with van der Waals surface area (Å²) in [5.41, 5.74) is 0. The second kappa shape index (κ2) is 5.68. The molecule has 1 rings (SSSR count). The van der Waals surface area contributed by atoms with Crippen molar-refractivity contribution in [2.24, 2.45) is 0 Å². The van der Waals surface area contributed by atoms with Crippen LogP contribution in [0, 0.1) is 0 Å². The molecule has 0 aliphatic carbocycles. The zero-order valence-corrected chi connectivity index (χ0v) is 12.1. The smallest absolute Gasteiger partial charge is 0.258 e. The fraction of sp³-hybridized carbons (Fsp3) is 0.875. The number of carbonyl (C=O) groups is 1. The summed E-state index contributed by atoms with van der Waals surface area (Å²) < 4.78 is 3.58. The minimum atomic E-state index is -1.72. The molecule has 94 valence electrons. The molecule has 1 aliphatic heterocycles. The molecule has 1 heterocycles. The summed E-state index contributed by atoms with van der Waals surface area (Å²) >= 11 is 28.3. The molecular weight excluding hydrogens is 319 g/mol. The van der Waals surface area contributed by atoms with Gasteiger partial charge in [-0.25, -0.2) is 0 Å². The Hall–Kier alpha value is 0.880. The zero-order chi connectivity index (χ0) is 12.5. The lowest BCUT2D eigenvalue weighted by molar-refractivity contribution is -0.135. The zero-order valence-electron chi connectivity index (χ0n) is 8.30. The fourth-order valence-electron chi connectivity index (χ4n) is 1.53. The molecule has 16 heavy (non-hydrogen) atoms. The Labute approximate surface area is 119 Å². The first-order valence-electron chi connectivity index (χ1n) is 4.57. The Morgan fingerprint density at radius 3 is 2.44 bits per heavy atom. The summed E-state index contributed by atoms with van der Waals surface area (Å²) in [7, 11) is 0. The lowest BCUT2D eigenvalue weighted by Crippen LogP contribution is -2.49. The summed E-state index contributed by atoms with van der Waals surface area (Å²) in [6, 6.07) is -0.173. The first kappa shape index (κ1) is 14.9. The Morgan fingerprint density at radius 1 is 1.50 bits per heavy atom. The number of rotatable bonds is 2. The summed E-state index contributed by atoms with van der Waals surface area (Å²) in [6.07, 6.45) is -0.279. The van der Waals surface area contributed by atoms with Crippen molar-refractivity contribution in [1.82, 2.24) is 4.90 Å². The Morgan fingerprint density at radius 2 is 2.06 bits per heavy atom. The SMILES string of the molecule is CCC1COC(C(Cl)(Cl)Cl)N1C(=O)C(Cl)Cl. The number of alkyl halides is 5. The third-order valence-electron chi connectivity index (χ3n) is 2.28. The van der Waals surface area contributed by atoms with Crippen LogP contribution in [0.15, 0.2) is 0 Å². The molecule has 1 fully saturated rings. The fourth-order valence-corrected chi connectivity index (χ4v) is 2.26. The van der Waals surface area contributed by atoms with Crippen LogP contribution < -0.4 is 0 Å². The standard InChI is InChI=1S/C8H10Cl5NO2/c1-2-4-3-16-7(8(11,12)13)14(4)6(15)5(9)10/h4-5,7H,2-3H2,1H3. The van der Waals surface area contributed by atoms with Crippen molar-refractivity contribution in [2.45, 2.75) is 34.2 Å². The molecule has 1 saturated heterocycles. The maximum absolute atomic E-state index is 11.8. The predicted molar refractivity (Wildman–Crippen MR) is 66.4 cm³/mol. The molecule has 8 heteroatoms. The highest BCUT2D eigenvalue weighted by molar-refractivity contribution is 6.68. The molecule has 0 saturated carbocycles. The molecular formula is C8H10Cl5NO2. The van der Waals surface area contributed by atoms with Crippen LogP contribution in [0.1, 0.15) is 13.3 Å². The highest BCUT2D eigenvalue weighted by Gasteiger charge is 2.48. The normalized spacial score (nSPS) is 26.6. The van der Waals surface area contributed by atoms with E-state index >= 15 is 0 Å². The van der Waals surface area contributed by atoms with Gasteiger partial charge in [-0.15, -0.1) is 0 Å². The van der Waals surface area contributed by atoms with E-state index in [1.54, 1.807) is 0 Å². The number of nitrogens with zero attached hydrogens (tertiary/aromatic N) is 1. The van der Waals surface area contributed by atoms with Crippen LogP contribution in [0.25, 0.3) is 0 Å². The van der Waals surface area contributed by atoms with Gasteiger partial charge in [-0.3, -0.25) is 4.79 Å². The van der Waals surface area contributed by atoms with Crippen molar-refractivity contribution in [2.75, 3.05) is 6.61 Å². The van der Waals surface area contributed by atoms with Crippen molar-refractivity contribution >= 4 is 63.9 Å². The van der Waals surface area contributed by atoms with E-state index in [1.807, 2.05) is 6.92 Å². The van der Waals surface area contributed by atoms with Gasteiger partial charge in [-0.1, -0.05) is 64.9 Å². The minimum absolute atomic E-state index is 0.173. The van der Waals surface area contributed by atoms with Gasteiger partial charge in [0, 0.05) is 0 Å². The first-order chi connectivity index (χ1) is 7.29. The van der Waals surface area contributed by atoms with Gasteiger partial charge >= 0.3 is 0 Å². The van der Waals surface area contributed by atoms with Gasteiger partial charge in [0.2, 0.25) is 3.79 Å². The van der Waals surface area contributed by atoms with Crippen molar-refractivity contribution in [3.8, 4) is 0 Å². The average Bonchev–Trinajstić information content (AvgIpc) is 2.58. The van der Waals surface area contributed by atoms with Gasteiger partial charge in [0.05, 0.1) is 12.6 Å². The number of hydrogen-bond donors (Lipinski definition) is 0. The molecule has 0 radical (unpaired) electrons. The monoisotopic (exact) mass is 327 g/mol. The number of halogens is 5. The van der Waals surface area contributed by atoms with Gasteiger partial charge in [0.25, 0.3) is 5.91 Å². The molecule has 0 bridgehead atoms. The minimum Gasteiger partial charge on any atom is -0.352 e. The number of hydrogen-bond acceptors (Lipinski definition) is 2. The molecule has 0 aromatic heterocycles. The third kappa shape index (κ3) is 3.21. The van der Waals surface area contributed by atoms with Crippen molar-refractivity contribution in [3.63, 3.8) is 0 Å². The van der Waals surface area contributed by atoms with Crippen LogP contribution in [0.3, 0.4) is 0 Å². The van der Waals surface area contributed by atoms with E-state index in [4.69, 9.17) is 62.7 Å². The van der Waals surface area contributed by atoms with Crippen LogP contribution in [-0.4, -0.2) is 38.3 Å². The largest absolute Gasteiger partial charge is 0.352 e. The number of carbonyl (C=O) groups excluding carboxylic acids is 1. The van der Waals surface area contributed by atoms with Gasteiger partial charge in [-0.05, 0) is 6.42 Å². The molecule has 2 atom stereocenters. The summed E-state index contributed by atoms with van der Waals surface area (Å²) in [4.78, 5) is 11.9. The van der Waals surface area contributed by atoms with Crippen molar-refractivity contribution < 1.29 is 9.53 Å². The highest BCUT2D eigenvalue weighted by Crippen LogP contribution is 2.39. The second-order valence-electron chi connectivity index (χ2n) is 3.34. The van der Waals surface area contributed by atoms with Crippen molar-refractivity contribution in [3.05, 3.63) is 0 Å². The Balaban J connectivity index is 2.91. The molecule has 0 spiro atoms. The second-order valence-corrected chi connectivity index (χ2v) is 6.80. The van der Waals surface area contributed by atoms with Crippen LogP contribution in [0.4, 0.5) is 0 Å². The van der Waals surface area contributed by atoms with Gasteiger partial charge in [0.1, 0.15) is 0 Å². The molecule has 0 aromatic carbocycles. The van der Waals surface area contributed by atoms with E-state index in [-0.39, 0.29) is 6.04 Å². The van der Waals surface area contributed by atoms with Gasteiger partial charge < -0.3 is 9.64 Å². The lowest BCUT2D eigenvalue weighted by atomic mass is 10.2. The number of ether oxygens (including phenoxy) is 1.